The van der Waals surface area contributed by atoms with E-state index in [1.807, 2.05) is 0 Å². The third-order valence-electron chi connectivity index (χ3n) is 0. The topological polar surface area (TPSA) is 398 Å². The van der Waals surface area contributed by atoms with E-state index in [0.29, 0.717) is 0 Å². The molecule has 0 aromatic heterocycles. The second-order valence-electron chi connectivity index (χ2n) is 1.21. The minimum absolute atomic E-state index is 0. The van der Waals surface area contributed by atoms with Crippen LogP contribution in [0.2, 0.25) is 0 Å². The quantitative estimate of drug-likeness (QED) is 0.137. The van der Waals surface area contributed by atoms with E-state index < -0.39 is 64.7 Å². The van der Waals surface area contributed by atoms with E-state index in [2.05, 4.69) is 0 Å². The molecule has 25 heteroatoms. The van der Waals surface area contributed by atoms with E-state index in [1.54, 1.807) is 0 Å². The first kappa shape index (κ1) is 45.4. The molecular formula is H6Cl6IrO18+3. The average molecular weight is 699 g/mol. The molecule has 0 atom stereocenters. The second kappa shape index (κ2) is 40.4. The van der Waals surface area contributed by atoms with Gasteiger partial charge in [0.25, 0.3) is 64.7 Å². The first-order chi connectivity index (χ1) is 10.4. The maximum absolute atomic E-state index is 8.52. The molecule has 0 amide bonds. The van der Waals surface area contributed by atoms with Crippen LogP contribution in [0, 0.1) is 64.7 Å². The number of halogens is 6. The van der Waals surface area contributed by atoms with E-state index in [-0.39, 0.29) is 20.1 Å². The van der Waals surface area contributed by atoms with Crippen LogP contribution in [0.5, 0.6) is 0 Å². The van der Waals surface area contributed by atoms with Gasteiger partial charge in [0.2, 0.25) is 0 Å². The standard InChI is InChI=1S/6ClHO3.Ir/c6*2-1(3)4;/h6*2H;/q;;;;;;+3. The fraction of sp³-hybridized carbons (Fsp3) is 0. The van der Waals surface area contributed by atoms with Gasteiger partial charge in [0.1, 0.15) is 0 Å². The summed E-state index contributed by atoms with van der Waals surface area (Å²) in [6.07, 6.45) is 0. The number of rotatable bonds is 0. The van der Waals surface area contributed by atoms with Crippen LogP contribution >= 0.6 is 0 Å². The maximum atomic E-state index is 8.52. The molecular weight excluding hydrogens is 693 g/mol. The van der Waals surface area contributed by atoms with E-state index in [1.165, 1.54) is 0 Å². The molecule has 18 nitrogen and oxygen atoms in total. The van der Waals surface area contributed by atoms with Gasteiger partial charge in [0.05, 0.1) is 0 Å². The molecule has 0 saturated heterocycles. The van der Waals surface area contributed by atoms with Crippen LogP contribution < -0.4 is 55.9 Å². The third kappa shape index (κ3) is 5160. The summed E-state index contributed by atoms with van der Waals surface area (Å²) in [7, 11) is -15.6. The van der Waals surface area contributed by atoms with Gasteiger partial charge in [-0.3, -0.25) is 0 Å². The minimum Gasteiger partial charge on any atom is -0.321 e. The average Bonchev–Trinajstić information content (AvgIpc) is 2.08. The van der Waals surface area contributed by atoms with Crippen molar-refractivity contribution in [1.82, 2.24) is 0 Å². The van der Waals surface area contributed by atoms with Gasteiger partial charge in [-0.05, 0) is 0 Å². The zero-order chi connectivity index (χ0) is 21.5. The van der Waals surface area contributed by atoms with Gasteiger partial charge in [0, 0.05) is 28.0 Å². The Morgan fingerprint density at radius 2 is 0.280 bits per heavy atom. The summed E-state index contributed by atoms with van der Waals surface area (Å²) in [5.41, 5.74) is 0. The van der Waals surface area contributed by atoms with Crippen LogP contribution in [0.25, 0.3) is 0 Å². The van der Waals surface area contributed by atoms with Gasteiger partial charge in [0.15, 0.2) is 0 Å². The van der Waals surface area contributed by atoms with Crippen LogP contribution in [0.15, 0.2) is 0 Å². The van der Waals surface area contributed by atoms with Crippen LogP contribution in [0.4, 0.5) is 0 Å². The molecule has 0 aliphatic heterocycles. The molecule has 25 heavy (non-hydrogen) atoms. The monoisotopic (exact) mass is 697 g/mol. The van der Waals surface area contributed by atoms with Crippen LogP contribution in [0.1, 0.15) is 0 Å². The molecule has 0 radical (unpaired) electrons. The molecule has 0 rings (SSSR count). The first-order valence-corrected chi connectivity index (χ1v) is 8.60. The van der Waals surface area contributed by atoms with Crippen molar-refractivity contribution in [3.8, 4) is 0 Å². The summed E-state index contributed by atoms with van der Waals surface area (Å²) in [5, 5.41) is 0. The van der Waals surface area contributed by atoms with Gasteiger partial charge in [-0.2, -0.15) is 0 Å². The van der Waals surface area contributed by atoms with Crippen molar-refractivity contribution in [2.75, 3.05) is 0 Å². The number of hydrogen-bond donors (Lipinski definition) is 6. The van der Waals surface area contributed by atoms with Crippen molar-refractivity contribution in [3.63, 3.8) is 0 Å². The molecule has 0 aromatic rings. The fourth-order valence-corrected chi connectivity index (χ4v) is 0. The molecule has 0 aliphatic rings. The maximum Gasteiger partial charge on any atom is 3.00 e. The van der Waals surface area contributed by atoms with Crippen molar-refractivity contribution < 1.29 is 169 Å². The van der Waals surface area contributed by atoms with Crippen LogP contribution in [-0.2, 0) is 20.1 Å². The van der Waals surface area contributed by atoms with E-state index in [4.69, 9.17) is 83.9 Å². The van der Waals surface area contributed by atoms with Crippen molar-refractivity contribution in [1.29, 1.82) is 0 Å². The zero-order valence-electron chi connectivity index (χ0n) is 10.2. The zero-order valence-corrected chi connectivity index (χ0v) is 17.1. The van der Waals surface area contributed by atoms with Gasteiger partial charge in [-0.15, -0.1) is 0 Å². The van der Waals surface area contributed by atoms with E-state index in [0.717, 1.165) is 0 Å². The normalized spacial score (nSPS) is 8.64. The Morgan fingerprint density at radius 3 is 0.280 bits per heavy atom. The molecule has 0 unspecified atom stereocenters. The largest absolute Gasteiger partial charge is 3.00 e. The molecule has 0 fully saturated rings. The van der Waals surface area contributed by atoms with Crippen molar-refractivity contribution in [3.05, 3.63) is 0 Å². The summed E-state index contributed by atoms with van der Waals surface area (Å²) in [6.45, 7) is 0. The predicted octanol–water partition coefficient (Wildman–Crippen LogP) is -17.6. The fourth-order valence-electron chi connectivity index (χ4n) is 0. The van der Waals surface area contributed by atoms with Crippen LogP contribution in [-0.4, -0.2) is 28.0 Å². The Bertz CT molecular complexity index is 101. The molecule has 0 bridgehead atoms. The van der Waals surface area contributed by atoms with Crippen LogP contribution in [0.3, 0.4) is 0 Å². The summed E-state index contributed by atoms with van der Waals surface area (Å²) in [5.74, 6) is 0. The Hall–Kier alpha value is 1.67. The summed E-state index contributed by atoms with van der Waals surface area (Å²) in [4.78, 5) is 0. The van der Waals surface area contributed by atoms with Gasteiger partial charge in [-0.25, -0.2) is 0 Å². The van der Waals surface area contributed by atoms with E-state index >= 15 is 0 Å². The van der Waals surface area contributed by atoms with Crippen molar-refractivity contribution in [2.45, 2.75) is 0 Å². The summed E-state index contributed by atoms with van der Waals surface area (Å²) < 4.78 is 144. The first-order valence-electron chi connectivity index (χ1n) is 2.87. The molecule has 0 saturated carbocycles. The Labute approximate surface area is 168 Å². The molecule has 0 heterocycles. The van der Waals surface area contributed by atoms with Gasteiger partial charge < -0.3 is 55.9 Å². The molecule has 6 N–H and O–H groups in total. The van der Waals surface area contributed by atoms with Crippen molar-refractivity contribution >= 4 is 0 Å². The third-order valence-corrected chi connectivity index (χ3v) is 0. The molecule has 0 aliphatic carbocycles. The predicted molar refractivity (Wildman–Crippen MR) is 13.3 cm³/mol. The Balaban J connectivity index is -0.0000000309. The number of hydrogen-bond acceptors (Lipinski definition) is 18. The smallest absolute Gasteiger partial charge is 0.321 e. The second-order valence-corrected chi connectivity index (χ2v) is 3.62. The molecule has 162 valence electrons. The molecule has 0 aromatic carbocycles. The minimum atomic E-state index is -2.60. The Morgan fingerprint density at radius 1 is 0.280 bits per heavy atom. The van der Waals surface area contributed by atoms with Gasteiger partial charge in [-0.1, -0.05) is 0 Å². The molecule has 0 spiro atoms. The van der Waals surface area contributed by atoms with Crippen molar-refractivity contribution in [2.24, 2.45) is 0 Å². The Kier molecular flexibility index (Phi) is 73.4. The van der Waals surface area contributed by atoms with E-state index in [9.17, 15) is 0 Å². The SMILES string of the molecule is [Ir+3].[O-][Cl+2]([O-])O.[O-][Cl+2]([O-])O.[O-][Cl+2]([O-])O.[O-][Cl+2]([O-])O.[O-][Cl+2]([O-])O.[O-][Cl+2]([O-])O. The summed E-state index contributed by atoms with van der Waals surface area (Å²) in [6, 6.07) is 0. The van der Waals surface area contributed by atoms with Gasteiger partial charge >= 0.3 is 20.1 Å². The summed E-state index contributed by atoms with van der Waals surface area (Å²) >= 11 is 0.